The SMILES string of the molecule is CC(C)c1ccc(N(c2ccc(C(C)C)cc2)c2ccc3cc4c5ccc(N(c6ccc(C(C)C)cc6)c6ccc(C(C)C)cc6)cc5n5c6ccc(-c7ccccc7)cc6c(c3c2)c45)cc1. The van der Waals surface area contributed by atoms with Crippen LogP contribution in [-0.2, 0) is 0 Å². The lowest BCUT2D eigenvalue weighted by Crippen LogP contribution is -2.10. The summed E-state index contributed by atoms with van der Waals surface area (Å²) in [7, 11) is 0. The average Bonchev–Trinajstić information content (AvgIpc) is 3.86. The van der Waals surface area contributed by atoms with E-state index in [1.54, 1.807) is 0 Å². The van der Waals surface area contributed by atoms with Crippen LogP contribution in [0.2, 0.25) is 0 Å². The number of hydrogen-bond donors (Lipinski definition) is 0. The van der Waals surface area contributed by atoms with Gasteiger partial charge in [0.05, 0.1) is 16.6 Å². The molecule has 0 unspecified atom stereocenters. The quantitative estimate of drug-likeness (QED) is 0.128. The summed E-state index contributed by atoms with van der Waals surface area (Å²) in [6, 6.07) is 71.1. The first-order chi connectivity index (χ1) is 32.5. The molecule has 0 radical (unpaired) electrons. The second-order valence-corrected chi connectivity index (χ2v) is 19.8. The lowest BCUT2D eigenvalue weighted by atomic mass is 9.97. The molecule has 0 N–H and O–H groups in total. The fourth-order valence-corrected chi connectivity index (χ4v) is 10.3. The van der Waals surface area contributed by atoms with E-state index in [1.807, 2.05) is 0 Å². The third kappa shape index (κ3) is 7.38. The largest absolute Gasteiger partial charge is 0.310 e. The topological polar surface area (TPSA) is 10.9 Å². The highest BCUT2D eigenvalue weighted by Gasteiger charge is 2.24. The summed E-state index contributed by atoms with van der Waals surface area (Å²) in [4.78, 5) is 4.85. The molecule has 67 heavy (non-hydrogen) atoms. The van der Waals surface area contributed by atoms with Gasteiger partial charge in [0.25, 0.3) is 0 Å². The summed E-state index contributed by atoms with van der Waals surface area (Å²) in [5, 5.41) is 7.55. The van der Waals surface area contributed by atoms with Gasteiger partial charge in [-0.1, -0.05) is 152 Å². The predicted octanol–water partition coefficient (Wildman–Crippen LogP) is 19.1. The number of nitrogens with zero attached hydrogens (tertiary/aromatic N) is 3. The zero-order valence-electron chi connectivity index (χ0n) is 40.0. The average molecular weight is 870 g/mol. The van der Waals surface area contributed by atoms with Crippen molar-refractivity contribution < 1.29 is 0 Å². The summed E-state index contributed by atoms with van der Waals surface area (Å²) >= 11 is 0. The number of aromatic nitrogens is 1. The van der Waals surface area contributed by atoms with E-state index in [0.29, 0.717) is 23.7 Å². The van der Waals surface area contributed by atoms with Crippen molar-refractivity contribution in [1.29, 1.82) is 0 Å². The molecule has 0 saturated carbocycles. The van der Waals surface area contributed by atoms with Crippen molar-refractivity contribution in [2.45, 2.75) is 79.1 Å². The molecule has 0 spiro atoms. The van der Waals surface area contributed by atoms with E-state index in [9.17, 15) is 0 Å². The van der Waals surface area contributed by atoms with Crippen molar-refractivity contribution in [3.05, 3.63) is 210 Å². The monoisotopic (exact) mass is 869 g/mol. The smallest absolute Gasteiger partial charge is 0.0627 e. The van der Waals surface area contributed by atoms with E-state index in [1.165, 1.54) is 82.2 Å². The van der Waals surface area contributed by atoms with Crippen LogP contribution in [0.25, 0.3) is 60.0 Å². The van der Waals surface area contributed by atoms with Gasteiger partial charge in [-0.3, -0.25) is 0 Å². The van der Waals surface area contributed by atoms with Crippen molar-refractivity contribution in [3.8, 4) is 11.1 Å². The van der Waals surface area contributed by atoms with Gasteiger partial charge in [0.15, 0.2) is 0 Å². The van der Waals surface area contributed by atoms with Crippen LogP contribution in [-0.4, -0.2) is 4.40 Å². The van der Waals surface area contributed by atoms with Crippen LogP contribution in [0, 0.1) is 0 Å². The minimum absolute atomic E-state index is 0.458. The van der Waals surface area contributed by atoms with Gasteiger partial charge in [0.2, 0.25) is 0 Å². The molecule has 11 rings (SSSR count). The first-order valence-corrected chi connectivity index (χ1v) is 24.3. The van der Waals surface area contributed by atoms with Crippen molar-refractivity contribution in [3.63, 3.8) is 0 Å². The molecule has 0 aliphatic heterocycles. The Morgan fingerprint density at radius 2 is 0.761 bits per heavy atom. The summed E-state index contributed by atoms with van der Waals surface area (Å²) < 4.78 is 2.55. The van der Waals surface area contributed by atoms with Gasteiger partial charge >= 0.3 is 0 Å². The summed E-state index contributed by atoms with van der Waals surface area (Å²) in [5.74, 6) is 1.83. The fraction of sp³-hybridized carbons (Fsp3) is 0.188. The number of anilines is 6. The van der Waals surface area contributed by atoms with Gasteiger partial charge in [-0.05, 0) is 159 Å². The number of rotatable bonds is 11. The molecule has 0 aliphatic carbocycles. The predicted molar refractivity (Wildman–Crippen MR) is 290 cm³/mol. The summed E-state index contributed by atoms with van der Waals surface area (Å²) in [6.07, 6.45) is 0. The molecule has 2 heterocycles. The van der Waals surface area contributed by atoms with Crippen LogP contribution >= 0.6 is 0 Å². The number of hydrogen-bond acceptors (Lipinski definition) is 2. The Labute approximate surface area is 395 Å². The van der Waals surface area contributed by atoms with Crippen molar-refractivity contribution in [1.82, 2.24) is 4.40 Å². The van der Waals surface area contributed by atoms with Crippen LogP contribution in [0.15, 0.2) is 188 Å². The Kier molecular flexibility index (Phi) is 10.6. The molecule has 0 bridgehead atoms. The Bertz CT molecular complexity index is 3440. The fourth-order valence-electron chi connectivity index (χ4n) is 10.3. The molecule has 0 atom stereocenters. The zero-order valence-corrected chi connectivity index (χ0v) is 40.0. The first kappa shape index (κ1) is 42.3. The number of fused-ring (bicyclic) bond motifs is 8. The van der Waals surface area contributed by atoms with E-state index in [0.717, 1.165) is 34.1 Å². The highest BCUT2D eigenvalue weighted by Crippen LogP contribution is 2.48. The zero-order chi connectivity index (χ0) is 46.1. The van der Waals surface area contributed by atoms with Crippen LogP contribution in [0.1, 0.15) is 101 Å². The second kappa shape index (κ2) is 16.8. The van der Waals surface area contributed by atoms with E-state index in [4.69, 9.17) is 0 Å². The standard InChI is InChI=1S/C64H59N3/c1-40(2)44-14-24-51(25-15-44)65(52-26-16-45(17-27-52)41(3)4)55-32-22-50-37-59-57-34-33-56(66(53-28-18-46(19-29-53)42(5)6)54-30-20-47(21-31-54)43(7)8)39-62(57)67-61-35-23-49(48-12-10-9-11-13-48)36-60(61)63(64(59)67)58(50)38-55/h9-43H,1-8H3. The van der Waals surface area contributed by atoms with Crippen molar-refractivity contribution >= 4 is 83.0 Å². The molecular weight excluding hydrogens is 811 g/mol. The summed E-state index contributed by atoms with van der Waals surface area (Å²) in [6.45, 7) is 18.1. The number of benzene rings is 9. The lowest BCUT2D eigenvalue weighted by molar-refractivity contribution is 0.866. The second-order valence-electron chi connectivity index (χ2n) is 19.8. The van der Waals surface area contributed by atoms with E-state index in [2.05, 4.69) is 258 Å². The highest BCUT2D eigenvalue weighted by molar-refractivity contribution is 6.32. The van der Waals surface area contributed by atoms with Crippen LogP contribution in [0.3, 0.4) is 0 Å². The maximum absolute atomic E-state index is 2.55. The molecule has 0 saturated heterocycles. The van der Waals surface area contributed by atoms with Gasteiger partial charge < -0.3 is 14.2 Å². The molecule has 0 aliphatic rings. The molecule has 330 valence electrons. The molecule has 3 heteroatoms. The maximum atomic E-state index is 2.55. The minimum atomic E-state index is 0.458. The highest BCUT2D eigenvalue weighted by atomic mass is 15.1. The molecule has 3 nitrogen and oxygen atoms in total. The van der Waals surface area contributed by atoms with Crippen LogP contribution < -0.4 is 9.80 Å². The molecule has 0 fully saturated rings. The van der Waals surface area contributed by atoms with Gasteiger partial charge in [0, 0.05) is 55.7 Å². The van der Waals surface area contributed by atoms with Crippen molar-refractivity contribution in [2.24, 2.45) is 0 Å². The van der Waals surface area contributed by atoms with Crippen LogP contribution in [0.5, 0.6) is 0 Å². The lowest BCUT2D eigenvalue weighted by Gasteiger charge is -2.27. The molecular formula is C64H59N3. The van der Waals surface area contributed by atoms with Crippen LogP contribution in [0.4, 0.5) is 34.1 Å². The Balaban J connectivity index is 1.17. The third-order valence-corrected chi connectivity index (χ3v) is 14.2. The minimum Gasteiger partial charge on any atom is -0.310 e. The molecule has 11 aromatic rings. The maximum Gasteiger partial charge on any atom is 0.0627 e. The normalized spacial score (nSPS) is 12.1. The Morgan fingerprint density at radius 3 is 1.24 bits per heavy atom. The van der Waals surface area contributed by atoms with E-state index >= 15 is 0 Å². The third-order valence-electron chi connectivity index (χ3n) is 14.2. The van der Waals surface area contributed by atoms with E-state index in [-0.39, 0.29) is 0 Å². The van der Waals surface area contributed by atoms with E-state index < -0.39 is 0 Å². The van der Waals surface area contributed by atoms with Gasteiger partial charge in [-0.2, -0.15) is 0 Å². The van der Waals surface area contributed by atoms with Gasteiger partial charge in [0.1, 0.15) is 0 Å². The van der Waals surface area contributed by atoms with Gasteiger partial charge in [-0.15, -0.1) is 0 Å². The molecule has 2 aromatic heterocycles. The van der Waals surface area contributed by atoms with Crippen molar-refractivity contribution in [2.75, 3.05) is 9.80 Å². The molecule has 0 amide bonds. The summed E-state index contributed by atoms with van der Waals surface area (Å²) in [5.41, 5.74) is 18.3. The molecule has 9 aromatic carbocycles. The Morgan fingerprint density at radius 1 is 0.313 bits per heavy atom. The Hall–Kier alpha value is -7.36. The van der Waals surface area contributed by atoms with Gasteiger partial charge in [-0.25, -0.2) is 0 Å². The first-order valence-electron chi connectivity index (χ1n) is 24.3.